The monoisotopic (exact) mass is 521 g/mol. The lowest BCUT2D eigenvalue weighted by molar-refractivity contribution is -0.129. The van der Waals surface area contributed by atoms with Gasteiger partial charge in [-0.1, -0.05) is 114 Å². The Morgan fingerprint density at radius 1 is 0.730 bits per heavy atom. The van der Waals surface area contributed by atoms with Gasteiger partial charge in [-0.3, -0.25) is 4.79 Å². The van der Waals surface area contributed by atoms with Gasteiger partial charge < -0.3 is 9.08 Å². The molecule has 0 aliphatic carbocycles. The van der Waals surface area contributed by atoms with Crippen LogP contribution in [0.2, 0.25) is 0 Å². The van der Waals surface area contributed by atoms with Gasteiger partial charge in [-0.15, -0.1) is 0 Å². The topological polar surface area (TPSA) is 63.7 Å². The highest BCUT2D eigenvalue weighted by Gasteiger charge is 2.28. The largest absolute Gasteiger partial charge is 0.381 e. The number of hydrogen-bond donors (Lipinski definition) is 0. The van der Waals surface area contributed by atoms with Crippen molar-refractivity contribution in [2.24, 2.45) is 0 Å². The second-order valence-electron chi connectivity index (χ2n) is 10.5. The normalized spacial score (nSPS) is 11.8. The van der Waals surface area contributed by atoms with E-state index in [4.69, 9.17) is 4.18 Å². The minimum absolute atomic E-state index is 0.0600. The summed E-state index contributed by atoms with van der Waals surface area (Å²) < 4.78 is 32.4. The summed E-state index contributed by atoms with van der Waals surface area (Å²) in [5, 5.41) is 0. The third kappa shape index (κ3) is 7.93. The van der Waals surface area contributed by atoms with E-state index in [0.29, 0.717) is 24.8 Å². The molecule has 0 unspecified atom stereocenters. The molecule has 0 N–H and O–H groups in total. The average molecular weight is 522 g/mol. The van der Waals surface area contributed by atoms with Gasteiger partial charge in [0, 0.05) is 13.1 Å². The number of rotatable bonds is 11. The Kier molecular flexibility index (Phi) is 9.55. The maximum atomic E-state index is 13.4. The second kappa shape index (κ2) is 12.4. The van der Waals surface area contributed by atoms with Gasteiger partial charge in [-0.2, -0.15) is 8.42 Å². The molecule has 5 nitrogen and oxygen atoms in total. The highest BCUT2D eigenvalue weighted by molar-refractivity contribution is 7.87. The maximum absolute atomic E-state index is 13.4. The molecule has 0 atom stereocenters. The van der Waals surface area contributed by atoms with E-state index in [1.54, 1.807) is 4.90 Å². The predicted molar refractivity (Wildman–Crippen MR) is 150 cm³/mol. The lowest BCUT2D eigenvalue weighted by Gasteiger charge is -2.25. The van der Waals surface area contributed by atoms with Crippen LogP contribution in [-0.2, 0) is 28.0 Å². The van der Waals surface area contributed by atoms with Gasteiger partial charge in [-0.05, 0) is 45.6 Å². The van der Waals surface area contributed by atoms with Crippen LogP contribution in [0, 0.1) is 0 Å². The van der Waals surface area contributed by atoms with Crippen molar-refractivity contribution in [3.63, 3.8) is 0 Å². The standard InChI is InChI=1S/C31H39NO4S/c1-22(2)27-17-28(23(3)4)31(29(18-27)24(5)6)36-37(34,35)21-30(33)32(19-25-13-9-7-10-14-25)20-26-15-11-8-12-16-26/h7-18,22-24H,19-21H2,1-6H3. The van der Waals surface area contributed by atoms with Crippen molar-refractivity contribution in [3.8, 4) is 5.75 Å². The molecule has 198 valence electrons. The van der Waals surface area contributed by atoms with E-state index in [1.165, 1.54) is 0 Å². The van der Waals surface area contributed by atoms with E-state index in [1.807, 2.05) is 100 Å². The van der Waals surface area contributed by atoms with E-state index in [2.05, 4.69) is 13.8 Å². The molecule has 0 saturated heterocycles. The number of nitrogens with zero attached hydrogens (tertiary/aromatic N) is 1. The van der Waals surface area contributed by atoms with Crippen molar-refractivity contribution >= 4 is 16.0 Å². The first-order valence-corrected chi connectivity index (χ1v) is 14.5. The quantitative estimate of drug-likeness (QED) is 0.255. The Bertz CT molecular complexity index is 1210. The first-order chi connectivity index (χ1) is 17.5. The van der Waals surface area contributed by atoms with E-state index < -0.39 is 21.8 Å². The lowest BCUT2D eigenvalue weighted by atomic mass is 9.88. The van der Waals surface area contributed by atoms with E-state index >= 15 is 0 Å². The van der Waals surface area contributed by atoms with Crippen LogP contribution < -0.4 is 4.18 Å². The zero-order valence-electron chi connectivity index (χ0n) is 22.8. The number of carbonyl (C=O) groups excluding carboxylic acids is 1. The fourth-order valence-corrected chi connectivity index (χ4v) is 5.21. The number of carbonyl (C=O) groups is 1. The Balaban J connectivity index is 1.91. The van der Waals surface area contributed by atoms with E-state index in [0.717, 1.165) is 27.8 Å². The zero-order chi connectivity index (χ0) is 27.2. The molecule has 37 heavy (non-hydrogen) atoms. The van der Waals surface area contributed by atoms with Crippen LogP contribution in [0.4, 0.5) is 0 Å². The molecule has 0 aliphatic rings. The first kappa shape index (κ1) is 28.5. The molecule has 0 radical (unpaired) electrons. The van der Waals surface area contributed by atoms with Gasteiger partial charge in [-0.25, -0.2) is 0 Å². The summed E-state index contributed by atoms with van der Waals surface area (Å²) in [5.74, 6) is -0.446. The molecule has 0 heterocycles. The van der Waals surface area contributed by atoms with Crippen LogP contribution in [0.25, 0.3) is 0 Å². The Morgan fingerprint density at radius 2 is 1.16 bits per heavy atom. The van der Waals surface area contributed by atoms with Crippen molar-refractivity contribution in [1.82, 2.24) is 4.90 Å². The fourth-order valence-electron chi connectivity index (χ4n) is 4.22. The average Bonchev–Trinajstić information content (AvgIpc) is 2.84. The summed E-state index contributed by atoms with van der Waals surface area (Å²) in [6.07, 6.45) is 0. The minimum atomic E-state index is -4.20. The van der Waals surface area contributed by atoms with E-state index in [-0.39, 0.29) is 11.8 Å². The SMILES string of the molecule is CC(C)c1cc(C(C)C)c(OS(=O)(=O)CC(=O)N(Cc2ccccc2)Cc2ccccc2)c(C(C)C)c1. The third-order valence-corrected chi connectivity index (χ3v) is 7.40. The van der Waals surface area contributed by atoms with Crippen LogP contribution in [0.5, 0.6) is 5.75 Å². The highest BCUT2D eigenvalue weighted by Crippen LogP contribution is 2.38. The van der Waals surface area contributed by atoms with Crippen LogP contribution in [0.1, 0.15) is 87.1 Å². The van der Waals surface area contributed by atoms with Gasteiger partial charge in [0.25, 0.3) is 0 Å². The number of benzene rings is 3. The highest BCUT2D eigenvalue weighted by atomic mass is 32.2. The summed E-state index contributed by atoms with van der Waals surface area (Å²) in [6, 6.07) is 23.2. The van der Waals surface area contributed by atoms with Gasteiger partial charge in [0.1, 0.15) is 5.75 Å². The van der Waals surface area contributed by atoms with Gasteiger partial charge >= 0.3 is 10.1 Å². The maximum Gasteiger partial charge on any atom is 0.318 e. The summed E-state index contributed by atoms with van der Waals surface area (Å²) in [4.78, 5) is 15.0. The summed E-state index contributed by atoms with van der Waals surface area (Å²) >= 11 is 0. The Morgan fingerprint density at radius 3 is 1.54 bits per heavy atom. The van der Waals surface area contributed by atoms with Crippen molar-refractivity contribution in [2.75, 3.05) is 5.75 Å². The molecule has 0 fully saturated rings. The van der Waals surface area contributed by atoms with Gasteiger partial charge in [0.15, 0.2) is 5.75 Å². The molecule has 6 heteroatoms. The molecule has 0 bridgehead atoms. The van der Waals surface area contributed by atoms with E-state index in [9.17, 15) is 13.2 Å². The fraction of sp³-hybridized carbons (Fsp3) is 0.387. The third-order valence-electron chi connectivity index (χ3n) is 6.38. The van der Waals surface area contributed by atoms with Crippen LogP contribution in [0.3, 0.4) is 0 Å². The summed E-state index contributed by atoms with van der Waals surface area (Å²) in [7, 11) is -4.20. The molecule has 0 aliphatic heterocycles. The van der Waals surface area contributed by atoms with Gasteiger partial charge in [0.05, 0.1) is 0 Å². The number of hydrogen-bond acceptors (Lipinski definition) is 4. The Hall–Kier alpha value is -3.12. The predicted octanol–water partition coefficient (Wildman–Crippen LogP) is 6.99. The van der Waals surface area contributed by atoms with Crippen molar-refractivity contribution in [2.45, 2.75) is 72.4 Å². The minimum Gasteiger partial charge on any atom is -0.381 e. The first-order valence-electron chi connectivity index (χ1n) is 12.9. The van der Waals surface area contributed by atoms with Crippen molar-refractivity contribution < 1.29 is 17.4 Å². The molecule has 0 spiro atoms. The van der Waals surface area contributed by atoms with Crippen LogP contribution in [0.15, 0.2) is 72.8 Å². The molecule has 3 rings (SSSR count). The molecule has 0 saturated carbocycles. The van der Waals surface area contributed by atoms with Gasteiger partial charge in [0.2, 0.25) is 5.91 Å². The van der Waals surface area contributed by atoms with Crippen molar-refractivity contribution in [3.05, 3.63) is 101 Å². The Labute approximate surface area is 222 Å². The molecule has 3 aromatic carbocycles. The van der Waals surface area contributed by atoms with Crippen molar-refractivity contribution in [1.29, 1.82) is 0 Å². The smallest absolute Gasteiger partial charge is 0.318 e. The summed E-state index contributed by atoms with van der Waals surface area (Å²) in [5.41, 5.74) is 4.69. The molecular formula is C31H39NO4S. The molecular weight excluding hydrogens is 482 g/mol. The number of amides is 1. The second-order valence-corrected chi connectivity index (χ2v) is 12.1. The molecule has 1 amide bonds. The van der Waals surface area contributed by atoms with Crippen LogP contribution in [-0.4, -0.2) is 25.0 Å². The van der Waals surface area contributed by atoms with Crippen LogP contribution >= 0.6 is 0 Å². The molecule has 0 aromatic heterocycles. The summed E-state index contributed by atoms with van der Waals surface area (Å²) in [6.45, 7) is 12.9. The lowest BCUT2D eigenvalue weighted by Crippen LogP contribution is -2.36. The molecule has 3 aromatic rings. The zero-order valence-corrected chi connectivity index (χ0v) is 23.6.